The molecule has 0 atom stereocenters. The molecule has 0 aliphatic heterocycles. The quantitative estimate of drug-likeness (QED) is 0.319. The molecule has 0 saturated carbocycles. The summed E-state index contributed by atoms with van der Waals surface area (Å²) in [6.45, 7) is 0. The Bertz CT molecular complexity index is 4.14. The van der Waals surface area contributed by atoms with E-state index in [1.807, 2.05) is 0 Å². The van der Waals surface area contributed by atoms with Gasteiger partial charge in [0, 0.05) is 54.0 Å². The van der Waals surface area contributed by atoms with Gasteiger partial charge in [-0.1, -0.05) is 0 Å². The summed E-state index contributed by atoms with van der Waals surface area (Å²) in [5, 5.41) is 0. The van der Waals surface area contributed by atoms with E-state index in [1.165, 1.54) is 0 Å². The molecule has 7 heavy (non-hydrogen) atoms. The second-order valence-electron chi connectivity index (χ2n) is 0. The minimum Gasteiger partial charge on any atom is 0 e. The SMILES string of the molecule is [Cu].[N].[N].[N].[N].[N].[N]. The van der Waals surface area contributed by atoms with Gasteiger partial charge in [0.2, 0.25) is 0 Å². The molecule has 6 nitrogen and oxygen atoms in total. The van der Waals surface area contributed by atoms with Gasteiger partial charge >= 0.3 is 0 Å². The van der Waals surface area contributed by atoms with Crippen LogP contribution in [0.15, 0.2) is 0 Å². The Hall–Kier alpha value is 0.279. The van der Waals surface area contributed by atoms with E-state index in [2.05, 4.69) is 0 Å². The van der Waals surface area contributed by atoms with Crippen LogP contribution in [0.4, 0.5) is 0 Å². The van der Waals surface area contributed by atoms with Gasteiger partial charge in [-0.25, -0.2) is 0 Å². The summed E-state index contributed by atoms with van der Waals surface area (Å²) in [5.74, 6) is 0. The molecule has 0 saturated heterocycles. The number of hydrogen-bond donors (Lipinski definition) is 0. The topological polar surface area (TPSA) is 183 Å². The van der Waals surface area contributed by atoms with Crippen molar-refractivity contribution in [1.82, 2.24) is 36.9 Å². The van der Waals surface area contributed by atoms with E-state index in [-0.39, 0.29) is 54.0 Å². The molecule has 0 aliphatic rings. The normalized spacial score (nSPS) is 0. The molecule has 0 N–H and O–H groups in total. The molecule has 0 rings (SSSR count). The Balaban J connectivity index is 0. The summed E-state index contributed by atoms with van der Waals surface area (Å²) in [4.78, 5) is 0. The second kappa shape index (κ2) is 2240. The van der Waals surface area contributed by atoms with Crippen molar-refractivity contribution in [2.75, 3.05) is 0 Å². The molecule has 0 heterocycles. The maximum atomic E-state index is 0. The summed E-state index contributed by atoms with van der Waals surface area (Å²) in [7, 11) is 0. The van der Waals surface area contributed by atoms with Crippen LogP contribution in [0, 0.1) is 0 Å². The van der Waals surface area contributed by atoms with Gasteiger partial charge in [-0.15, -0.1) is 0 Å². The van der Waals surface area contributed by atoms with Gasteiger partial charge in [0.15, 0.2) is 0 Å². The van der Waals surface area contributed by atoms with E-state index < -0.39 is 0 Å². The van der Waals surface area contributed by atoms with Gasteiger partial charge in [0.05, 0.1) is 0 Å². The van der Waals surface area contributed by atoms with Gasteiger partial charge in [0.25, 0.3) is 0 Å². The van der Waals surface area contributed by atoms with Crippen molar-refractivity contribution >= 4 is 0 Å². The first-order chi connectivity index (χ1) is 0. The smallest absolute Gasteiger partial charge is 0 e. The molecule has 0 spiro atoms. The molecule has 0 aromatic heterocycles. The van der Waals surface area contributed by atoms with Gasteiger partial charge < -0.3 is 0 Å². The van der Waals surface area contributed by atoms with Crippen molar-refractivity contribution in [2.24, 2.45) is 0 Å². The van der Waals surface area contributed by atoms with Crippen molar-refractivity contribution in [2.45, 2.75) is 0 Å². The summed E-state index contributed by atoms with van der Waals surface area (Å²) < 4.78 is 0. The fourth-order valence-electron chi connectivity index (χ4n) is 0. The summed E-state index contributed by atoms with van der Waals surface area (Å²) in [5.41, 5.74) is 0. The third-order valence-corrected chi connectivity index (χ3v) is 0. The van der Waals surface area contributed by atoms with Crippen LogP contribution in [0.5, 0.6) is 0 Å². The third kappa shape index (κ3) is 1470. The predicted molar refractivity (Wildman–Crippen MR) is 12.8 cm³/mol. The summed E-state index contributed by atoms with van der Waals surface area (Å²) >= 11 is 0. The van der Waals surface area contributed by atoms with E-state index in [1.54, 1.807) is 0 Å². The van der Waals surface area contributed by atoms with E-state index >= 15 is 0 Å². The standard InChI is InChI=1S/Cu.6N. The molecule has 19 radical (unpaired) electrons. The van der Waals surface area contributed by atoms with Crippen LogP contribution in [0.25, 0.3) is 0 Å². The van der Waals surface area contributed by atoms with E-state index in [0.717, 1.165) is 0 Å². The summed E-state index contributed by atoms with van der Waals surface area (Å²) in [6.07, 6.45) is 0. The molecular weight excluding hydrogens is 148 g/mol. The molecule has 0 aromatic carbocycles. The van der Waals surface area contributed by atoms with Crippen molar-refractivity contribution in [3.63, 3.8) is 0 Å². The molecule has 0 amide bonds. The third-order valence-electron chi connectivity index (χ3n) is 0. The maximum absolute atomic E-state index is 0. The molecule has 0 aliphatic carbocycles. The first kappa shape index (κ1) is 3670. The first-order valence-corrected chi connectivity index (χ1v) is 0. The molecule has 7 heteroatoms. The Kier molecular flexibility index (Phi) is 1180000. The maximum Gasteiger partial charge on any atom is 0 e. The monoisotopic (exact) mass is 147 g/mol. The minimum absolute atomic E-state index is 0. The second-order valence-corrected chi connectivity index (χ2v) is 0. The van der Waals surface area contributed by atoms with Gasteiger partial charge in [0.1, 0.15) is 0 Å². The van der Waals surface area contributed by atoms with Gasteiger partial charge in [-0.2, -0.15) is 0 Å². The fraction of sp³-hybridized carbons (Fsp3) is 0. The van der Waals surface area contributed by atoms with E-state index in [0.29, 0.717) is 0 Å². The van der Waals surface area contributed by atoms with Crippen LogP contribution >= 0.6 is 0 Å². The molecule has 0 bridgehead atoms. The van der Waals surface area contributed by atoms with Gasteiger partial charge in [-0.05, 0) is 0 Å². The van der Waals surface area contributed by atoms with E-state index in [9.17, 15) is 0 Å². The molecule has 0 unspecified atom stereocenters. The Morgan fingerprint density at radius 1 is 0.286 bits per heavy atom. The van der Waals surface area contributed by atoms with Crippen LogP contribution in [-0.4, -0.2) is 0 Å². The largest absolute Gasteiger partial charge is 0 e. The Labute approximate surface area is 54.8 Å². The fourth-order valence-corrected chi connectivity index (χ4v) is 0. The zero-order valence-corrected chi connectivity index (χ0v) is 3.93. The van der Waals surface area contributed by atoms with Crippen LogP contribution in [0.3, 0.4) is 0 Å². The number of hydrogen-bond acceptors (Lipinski definition) is 0. The minimum atomic E-state index is 0. The molecular formula is CuN6. The predicted octanol–water partition coefficient (Wildman–Crippen LogP) is -2.89. The van der Waals surface area contributed by atoms with Crippen molar-refractivity contribution in [3.05, 3.63) is 0 Å². The zero-order chi connectivity index (χ0) is 0. The average Bonchev–Trinajstić information content (AvgIpc) is 0. The molecule has 0 fully saturated rings. The first-order valence-electron chi connectivity index (χ1n) is 0. The Morgan fingerprint density at radius 3 is 0.286 bits per heavy atom. The molecule has 41 valence electrons. The number of nitrogens with zero attached hydrogens (tertiary/aromatic N) is 6. The van der Waals surface area contributed by atoms with Gasteiger partial charge in [-0.3, -0.25) is 0 Å². The van der Waals surface area contributed by atoms with Crippen molar-refractivity contribution in [1.29, 1.82) is 0 Å². The van der Waals surface area contributed by atoms with Crippen LogP contribution < -0.4 is 36.9 Å². The Morgan fingerprint density at radius 2 is 0.286 bits per heavy atom. The van der Waals surface area contributed by atoms with E-state index in [4.69, 9.17) is 0 Å². The zero-order valence-electron chi connectivity index (χ0n) is 2.98. The average molecular weight is 148 g/mol. The van der Waals surface area contributed by atoms with Crippen LogP contribution in [-0.2, 0) is 17.1 Å². The van der Waals surface area contributed by atoms with Crippen LogP contribution in [0.2, 0.25) is 0 Å². The number of rotatable bonds is 0. The van der Waals surface area contributed by atoms with Crippen molar-refractivity contribution in [3.8, 4) is 0 Å². The van der Waals surface area contributed by atoms with Crippen molar-refractivity contribution < 1.29 is 17.1 Å². The van der Waals surface area contributed by atoms with Crippen LogP contribution in [0.1, 0.15) is 0 Å². The summed E-state index contributed by atoms with van der Waals surface area (Å²) in [6, 6.07) is 0. The molecule has 0 aromatic rings.